The van der Waals surface area contributed by atoms with E-state index in [-0.39, 0.29) is 18.1 Å². The van der Waals surface area contributed by atoms with Gasteiger partial charge in [-0.15, -0.1) is 0 Å². The Labute approximate surface area is 137 Å². The number of nitrogens with one attached hydrogen (secondary N) is 1. The van der Waals surface area contributed by atoms with Crippen molar-refractivity contribution in [3.8, 4) is 0 Å². The summed E-state index contributed by atoms with van der Waals surface area (Å²) in [5.41, 5.74) is 0.907. The van der Waals surface area contributed by atoms with Gasteiger partial charge in [0, 0.05) is 12.7 Å². The zero-order chi connectivity index (χ0) is 16.8. The average molecular weight is 319 g/mol. The largest absolute Gasteiger partial charge is 0.497 e. The molecule has 0 fully saturated rings. The first kappa shape index (κ1) is 17.3. The molecule has 0 saturated heterocycles. The molecule has 5 nitrogen and oxygen atoms in total. The summed E-state index contributed by atoms with van der Waals surface area (Å²) >= 11 is 0. The first-order chi connectivity index (χ1) is 11.0. The van der Waals surface area contributed by atoms with Gasteiger partial charge in [0.2, 0.25) is 0 Å². The van der Waals surface area contributed by atoms with Gasteiger partial charge in [0.15, 0.2) is 5.76 Å². The van der Waals surface area contributed by atoms with E-state index >= 15 is 0 Å². The second-order valence-corrected chi connectivity index (χ2v) is 6.10. The minimum absolute atomic E-state index is 0.0265. The average Bonchev–Trinajstić information content (AvgIpc) is 2.79. The van der Waals surface area contributed by atoms with Crippen LogP contribution in [-0.2, 0) is 19.0 Å². The highest BCUT2D eigenvalue weighted by Gasteiger charge is 2.28. The number of ether oxygens (including phenoxy) is 3. The zero-order valence-electron chi connectivity index (χ0n) is 14.2. The van der Waals surface area contributed by atoms with Crippen molar-refractivity contribution in [2.24, 2.45) is 5.92 Å². The summed E-state index contributed by atoms with van der Waals surface area (Å²) in [6.45, 7) is 4.72. The Kier molecular flexibility index (Phi) is 6.04. The summed E-state index contributed by atoms with van der Waals surface area (Å²) in [7, 11) is 3.25. The molecule has 1 amide bonds. The lowest BCUT2D eigenvalue weighted by Gasteiger charge is -2.20. The smallest absolute Gasteiger partial charge is 0.286 e. The second kappa shape index (κ2) is 8.02. The summed E-state index contributed by atoms with van der Waals surface area (Å²) in [5, 5.41) is 2.99. The maximum atomic E-state index is 12.4. The first-order valence-corrected chi connectivity index (χ1v) is 7.85. The van der Waals surface area contributed by atoms with E-state index in [1.807, 2.05) is 24.3 Å². The Morgan fingerprint density at radius 1 is 1.35 bits per heavy atom. The molecular formula is C18H25NO4. The topological polar surface area (TPSA) is 56.8 Å². The van der Waals surface area contributed by atoms with Crippen LogP contribution in [0.5, 0.6) is 0 Å². The van der Waals surface area contributed by atoms with Crippen molar-refractivity contribution in [1.82, 2.24) is 5.32 Å². The van der Waals surface area contributed by atoms with E-state index in [0.717, 1.165) is 17.8 Å². The van der Waals surface area contributed by atoms with Crippen molar-refractivity contribution in [2.75, 3.05) is 20.8 Å². The number of carbonyl (C=O) groups excluding carboxylic acids is 1. The van der Waals surface area contributed by atoms with Gasteiger partial charge < -0.3 is 19.5 Å². The number of hydrogen-bond donors (Lipinski definition) is 1. The molecule has 1 aliphatic heterocycles. The Hall–Kier alpha value is -2.01. The van der Waals surface area contributed by atoms with E-state index in [1.54, 1.807) is 20.3 Å². The van der Waals surface area contributed by atoms with Crippen LogP contribution in [0.4, 0.5) is 0 Å². The lowest BCUT2D eigenvalue weighted by Crippen LogP contribution is -2.39. The van der Waals surface area contributed by atoms with Gasteiger partial charge in [0.05, 0.1) is 19.8 Å². The number of fused-ring (bicyclic) bond motifs is 1. The Morgan fingerprint density at radius 2 is 2.13 bits per heavy atom. The predicted molar refractivity (Wildman–Crippen MR) is 88.5 cm³/mol. The molecule has 0 aromatic rings. The van der Waals surface area contributed by atoms with Gasteiger partial charge in [-0.3, -0.25) is 4.79 Å². The van der Waals surface area contributed by atoms with Crippen LogP contribution in [0.25, 0.3) is 0 Å². The van der Waals surface area contributed by atoms with E-state index < -0.39 is 0 Å². The van der Waals surface area contributed by atoms with E-state index in [4.69, 9.17) is 14.2 Å². The van der Waals surface area contributed by atoms with Crippen molar-refractivity contribution in [1.29, 1.82) is 0 Å². The molecule has 23 heavy (non-hydrogen) atoms. The monoisotopic (exact) mass is 319 g/mol. The molecule has 2 rings (SSSR count). The van der Waals surface area contributed by atoms with Gasteiger partial charge in [0.1, 0.15) is 11.9 Å². The summed E-state index contributed by atoms with van der Waals surface area (Å²) in [6, 6.07) is -0.0265. The van der Waals surface area contributed by atoms with Crippen LogP contribution in [0.15, 0.2) is 47.5 Å². The van der Waals surface area contributed by atoms with Crippen molar-refractivity contribution >= 4 is 5.91 Å². The third kappa shape index (κ3) is 4.73. The van der Waals surface area contributed by atoms with Crippen molar-refractivity contribution in [3.05, 3.63) is 47.5 Å². The maximum Gasteiger partial charge on any atom is 0.286 e. The molecule has 0 saturated carbocycles. The van der Waals surface area contributed by atoms with Crippen molar-refractivity contribution < 1.29 is 19.0 Å². The van der Waals surface area contributed by atoms with E-state index in [0.29, 0.717) is 18.3 Å². The van der Waals surface area contributed by atoms with Crippen LogP contribution in [0.1, 0.15) is 20.3 Å². The molecule has 126 valence electrons. The van der Waals surface area contributed by atoms with Crippen LogP contribution >= 0.6 is 0 Å². The van der Waals surface area contributed by atoms with Gasteiger partial charge in [-0.25, -0.2) is 0 Å². The first-order valence-electron chi connectivity index (χ1n) is 7.85. The highest BCUT2D eigenvalue weighted by Crippen LogP contribution is 2.27. The van der Waals surface area contributed by atoms with E-state index in [1.165, 1.54) is 0 Å². The number of methoxy groups -OCH3 is 2. The molecule has 0 spiro atoms. The molecule has 0 bridgehead atoms. The molecular weight excluding hydrogens is 294 g/mol. The van der Waals surface area contributed by atoms with Crippen LogP contribution in [0, 0.1) is 5.92 Å². The Morgan fingerprint density at radius 3 is 2.78 bits per heavy atom. The molecule has 5 heteroatoms. The molecule has 1 unspecified atom stereocenters. The molecule has 0 radical (unpaired) electrons. The quantitative estimate of drug-likeness (QED) is 0.783. The number of hydrogen-bond acceptors (Lipinski definition) is 4. The van der Waals surface area contributed by atoms with Gasteiger partial charge in [-0.05, 0) is 36.6 Å². The molecule has 0 aromatic heterocycles. The maximum absolute atomic E-state index is 12.4. The third-order valence-electron chi connectivity index (χ3n) is 3.65. The molecule has 1 aliphatic carbocycles. The number of rotatable bonds is 7. The minimum atomic E-state index is -0.245. The molecule has 0 aromatic carbocycles. The van der Waals surface area contributed by atoms with Gasteiger partial charge >= 0.3 is 0 Å². The van der Waals surface area contributed by atoms with Gasteiger partial charge in [-0.2, -0.15) is 0 Å². The summed E-state index contributed by atoms with van der Waals surface area (Å²) in [4.78, 5) is 12.4. The normalized spacial score (nSPS) is 20.7. The summed E-state index contributed by atoms with van der Waals surface area (Å²) in [6.07, 6.45) is 9.89. The fourth-order valence-corrected chi connectivity index (χ4v) is 2.65. The highest BCUT2D eigenvalue weighted by molar-refractivity contribution is 5.93. The van der Waals surface area contributed by atoms with Crippen LogP contribution in [0.2, 0.25) is 0 Å². The number of carbonyl (C=O) groups is 1. The third-order valence-corrected chi connectivity index (χ3v) is 3.65. The Bertz CT molecular complexity index is 557. The highest BCUT2D eigenvalue weighted by atomic mass is 16.5. The summed E-state index contributed by atoms with van der Waals surface area (Å²) in [5.74, 6) is 1.32. The lowest BCUT2D eigenvalue weighted by molar-refractivity contribution is -0.122. The number of allylic oxidation sites excluding steroid dienone is 3. The van der Waals surface area contributed by atoms with E-state index in [2.05, 4.69) is 19.2 Å². The fourth-order valence-electron chi connectivity index (χ4n) is 2.65. The van der Waals surface area contributed by atoms with Crippen LogP contribution in [-0.4, -0.2) is 38.9 Å². The molecule has 2 atom stereocenters. The Balaban J connectivity index is 2.06. The van der Waals surface area contributed by atoms with Crippen LogP contribution in [0.3, 0.4) is 0 Å². The minimum Gasteiger partial charge on any atom is -0.497 e. The van der Waals surface area contributed by atoms with Gasteiger partial charge in [0.25, 0.3) is 5.91 Å². The number of amides is 1. The van der Waals surface area contributed by atoms with Crippen molar-refractivity contribution in [2.45, 2.75) is 32.4 Å². The van der Waals surface area contributed by atoms with Crippen molar-refractivity contribution in [3.63, 3.8) is 0 Å². The second-order valence-electron chi connectivity index (χ2n) is 6.10. The molecule has 1 heterocycles. The standard InChI is InChI=1S/C18H25NO4/c1-12(2)8-14(11-21-3)19-18(20)17-10-13-9-15(22-4)6-5-7-16(13)23-17/h5-7,9-10,12,14,16H,8,11H2,1-4H3,(H,19,20)/t14-,16?/m1/s1. The van der Waals surface area contributed by atoms with Gasteiger partial charge in [-0.1, -0.05) is 19.9 Å². The SMILES string of the molecule is COC[C@@H](CC(C)C)NC(=O)C1=CC2=CC(OC)=CC=CC2O1. The van der Waals surface area contributed by atoms with E-state index in [9.17, 15) is 4.79 Å². The lowest BCUT2D eigenvalue weighted by atomic mass is 10.0. The van der Waals surface area contributed by atoms with Crippen LogP contribution < -0.4 is 5.32 Å². The fraction of sp³-hybridized carbons (Fsp3) is 0.500. The predicted octanol–water partition coefficient (Wildman–Crippen LogP) is 2.47. The summed E-state index contributed by atoms with van der Waals surface area (Å²) < 4.78 is 16.2. The zero-order valence-corrected chi connectivity index (χ0v) is 14.2. The molecule has 1 N–H and O–H groups in total. The molecule has 2 aliphatic rings.